The van der Waals surface area contributed by atoms with Crippen LogP contribution in [0.1, 0.15) is 41.6 Å². The molecule has 10 heteroatoms. The largest absolute Gasteiger partial charge is 0.474 e. The second kappa shape index (κ2) is 8.46. The monoisotopic (exact) mass is 409 g/mol. The molecule has 0 unspecified atom stereocenters. The number of ether oxygens (including phenoxy) is 1. The molecule has 3 rings (SSSR count). The van der Waals surface area contributed by atoms with Crippen molar-refractivity contribution in [3.63, 3.8) is 0 Å². The number of amides is 1. The Morgan fingerprint density at radius 2 is 1.90 bits per heavy atom. The van der Waals surface area contributed by atoms with Gasteiger partial charge in [0.2, 0.25) is 5.88 Å². The molecule has 1 aliphatic rings. The van der Waals surface area contributed by atoms with E-state index in [2.05, 4.69) is 10.3 Å². The van der Waals surface area contributed by atoms with Gasteiger partial charge in [-0.15, -0.1) is 0 Å². The number of carbonyl (C=O) groups excluding carboxylic acids is 1. The van der Waals surface area contributed by atoms with E-state index in [0.717, 1.165) is 12.3 Å². The van der Waals surface area contributed by atoms with Crippen LogP contribution in [0.4, 0.5) is 18.9 Å². The zero-order valence-corrected chi connectivity index (χ0v) is 15.2. The summed E-state index contributed by atoms with van der Waals surface area (Å²) in [6.07, 6.45) is -1.48. The van der Waals surface area contributed by atoms with Crippen molar-refractivity contribution in [3.8, 4) is 5.88 Å². The van der Waals surface area contributed by atoms with Crippen molar-refractivity contribution < 1.29 is 27.6 Å². The first-order chi connectivity index (χ1) is 13.7. The predicted molar refractivity (Wildman–Crippen MR) is 96.5 cm³/mol. The standard InChI is InChI=1S/C19H18F3N3O4/c20-19(21,22)13-4-9-17(23-11-13)29-16-7-5-14(6-8-16)24-18(26)12-2-1-3-15(10-12)25(27)28/h1-4,9-11,14,16H,5-8H2,(H,24,26). The topological polar surface area (TPSA) is 94.4 Å². The van der Waals surface area contributed by atoms with Crippen molar-refractivity contribution in [1.29, 1.82) is 0 Å². The molecule has 1 N–H and O–H groups in total. The Labute approximate surface area is 164 Å². The van der Waals surface area contributed by atoms with E-state index in [4.69, 9.17) is 4.74 Å². The molecule has 1 amide bonds. The van der Waals surface area contributed by atoms with Crippen LogP contribution in [0.15, 0.2) is 42.6 Å². The van der Waals surface area contributed by atoms with E-state index in [1.165, 1.54) is 30.3 Å². The number of hydrogen-bond donors (Lipinski definition) is 1. The lowest BCUT2D eigenvalue weighted by Crippen LogP contribution is -2.39. The number of non-ortho nitro benzene ring substituents is 1. The highest BCUT2D eigenvalue weighted by atomic mass is 19.4. The molecule has 0 aliphatic heterocycles. The molecule has 1 saturated carbocycles. The van der Waals surface area contributed by atoms with E-state index in [-0.39, 0.29) is 35.2 Å². The van der Waals surface area contributed by atoms with Gasteiger partial charge in [-0.25, -0.2) is 4.98 Å². The molecular formula is C19H18F3N3O4. The van der Waals surface area contributed by atoms with Gasteiger partial charge in [0, 0.05) is 36.0 Å². The lowest BCUT2D eigenvalue weighted by atomic mass is 9.92. The Morgan fingerprint density at radius 3 is 2.48 bits per heavy atom. The number of nitrogens with one attached hydrogen (secondary N) is 1. The highest BCUT2D eigenvalue weighted by Gasteiger charge is 2.31. The zero-order chi connectivity index (χ0) is 21.0. The average Bonchev–Trinajstić information content (AvgIpc) is 2.69. The highest BCUT2D eigenvalue weighted by molar-refractivity contribution is 5.95. The number of rotatable bonds is 5. The van der Waals surface area contributed by atoms with Crippen LogP contribution in [0.25, 0.3) is 0 Å². The van der Waals surface area contributed by atoms with Gasteiger partial charge in [0.25, 0.3) is 11.6 Å². The number of halogens is 3. The zero-order valence-electron chi connectivity index (χ0n) is 15.2. The minimum absolute atomic E-state index is 0.109. The molecule has 154 valence electrons. The van der Waals surface area contributed by atoms with Gasteiger partial charge in [0.15, 0.2) is 0 Å². The number of pyridine rings is 1. The summed E-state index contributed by atoms with van der Waals surface area (Å²) in [5, 5.41) is 13.7. The molecule has 7 nitrogen and oxygen atoms in total. The molecule has 0 bridgehead atoms. The van der Waals surface area contributed by atoms with E-state index in [1.54, 1.807) is 0 Å². The van der Waals surface area contributed by atoms with Gasteiger partial charge in [0.1, 0.15) is 6.10 Å². The maximum absolute atomic E-state index is 12.6. The van der Waals surface area contributed by atoms with E-state index in [1.807, 2.05) is 0 Å². The van der Waals surface area contributed by atoms with Crippen LogP contribution in [0.3, 0.4) is 0 Å². The summed E-state index contributed by atoms with van der Waals surface area (Å²) in [4.78, 5) is 26.3. The fraction of sp³-hybridized carbons (Fsp3) is 0.368. The summed E-state index contributed by atoms with van der Waals surface area (Å²) in [6.45, 7) is 0. The maximum atomic E-state index is 12.6. The smallest absolute Gasteiger partial charge is 0.417 e. The van der Waals surface area contributed by atoms with E-state index < -0.39 is 16.7 Å². The number of nitrogens with zero attached hydrogens (tertiary/aromatic N) is 2. The Balaban J connectivity index is 1.50. The molecule has 1 aliphatic carbocycles. The first-order valence-corrected chi connectivity index (χ1v) is 8.97. The van der Waals surface area contributed by atoms with E-state index >= 15 is 0 Å². The number of nitro groups is 1. The Bertz CT molecular complexity index is 879. The quantitative estimate of drug-likeness (QED) is 0.592. The lowest BCUT2D eigenvalue weighted by Gasteiger charge is -2.29. The summed E-state index contributed by atoms with van der Waals surface area (Å²) < 4.78 is 43.3. The third kappa shape index (κ3) is 5.43. The molecule has 1 fully saturated rings. The van der Waals surface area contributed by atoms with Crippen LogP contribution in [-0.2, 0) is 6.18 Å². The minimum Gasteiger partial charge on any atom is -0.474 e. The molecule has 2 aromatic rings. The van der Waals surface area contributed by atoms with Crippen LogP contribution in [0.5, 0.6) is 5.88 Å². The van der Waals surface area contributed by atoms with Crippen LogP contribution in [0.2, 0.25) is 0 Å². The Kier molecular flexibility index (Phi) is 6.00. The normalized spacial score (nSPS) is 19.4. The molecule has 1 aromatic carbocycles. The molecule has 29 heavy (non-hydrogen) atoms. The van der Waals surface area contributed by atoms with Gasteiger partial charge in [0.05, 0.1) is 10.5 Å². The average molecular weight is 409 g/mol. The molecule has 0 radical (unpaired) electrons. The third-order valence-corrected chi connectivity index (χ3v) is 4.68. The van der Waals surface area contributed by atoms with Crippen molar-refractivity contribution in [3.05, 3.63) is 63.8 Å². The number of alkyl halides is 3. The summed E-state index contributed by atoms with van der Waals surface area (Å²) in [5.74, 6) is -0.260. The van der Waals surface area contributed by atoms with Gasteiger partial charge in [-0.05, 0) is 37.8 Å². The van der Waals surface area contributed by atoms with Crippen LogP contribution >= 0.6 is 0 Å². The fourth-order valence-electron chi connectivity index (χ4n) is 3.14. The van der Waals surface area contributed by atoms with Crippen molar-refractivity contribution in [2.45, 2.75) is 44.0 Å². The van der Waals surface area contributed by atoms with Gasteiger partial charge >= 0.3 is 6.18 Å². The first-order valence-electron chi connectivity index (χ1n) is 8.97. The van der Waals surface area contributed by atoms with Crippen LogP contribution in [-0.4, -0.2) is 28.0 Å². The molecule has 1 heterocycles. The summed E-state index contributed by atoms with van der Waals surface area (Å²) in [7, 11) is 0. The third-order valence-electron chi connectivity index (χ3n) is 4.68. The highest BCUT2D eigenvalue weighted by Crippen LogP contribution is 2.30. The summed E-state index contributed by atoms with van der Waals surface area (Å²) in [5.41, 5.74) is -0.775. The van der Waals surface area contributed by atoms with Crippen molar-refractivity contribution >= 4 is 11.6 Å². The SMILES string of the molecule is O=C(NC1CCC(Oc2ccc(C(F)(F)F)cn2)CC1)c1cccc([N+](=O)[O-])c1. The van der Waals surface area contributed by atoms with Gasteiger partial charge in [-0.1, -0.05) is 6.07 Å². The van der Waals surface area contributed by atoms with Crippen LogP contribution < -0.4 is 10.1 Å². The Hall–Kier alpha value is -3.17. The van der Waals surface area contributed by atoms with Gasteiger partial charge < -0.3 is 10.1 Å². The number of nitro benzene ring substituents is 1. The van der Waals surface area contributed by atoms with Crippen LogP contribution in [0, 0.1) is 10.1 Å². The molecule has 0 spiro atoms. The lowest BCUT2D eigenvalue weighted by molar-refractivity contribution is -0.384. The van der Waals surface area contributed by atoms with E-state index in [0.29, 0.717) is 25.7 Å². The Morgan fingerprint density at radius 1 is 1.17 bits per heavy atom. The number of hydrogen-bond acceptors (Lipinski definition) is 5. The number of aromatic nitrogens is 1. The predicted octanol–water partition coefficient (Wildman–Crippen LogP) is 4.13. The minimum atomic E-state index is -4.44. The molecule has 0 saturated heterocycles. The second-order valence-corrected chi connectivity index (χ2v) is 6.76. The van der Waals surface area contributed by atoms with Crippen molar-refractivity contribution in [1.82, 2.24) is 10.3 Å². The summed E-state index contributed by atoms with van der Waals surface area (Å²) in [6, 6.07) is 7.51. The van der Waals surface area contributed by atoms with Crippen molar-refractivity contribution in [2.24, 2.45) is 0 Å². The van der Waals surface area contributed by atoms with Gasteiger partial charge in [-0.2, -0.15) is 13.2 Å². The number of benzene rings is 1. The molecule has 1 aromatic heterocycles. The number of carbonyl (C=O) groups is 1. The molecular weight excluding hydrogens is 391 g/mol. The summed E-state index contributed by atoms with van der Waals surface area (Å²) >= 11 is 0. The second-order valence-electron chi connectivity index (χ2n) is 6.76. The molecule has 0 atom stereocenters. The van der Waals surface area contributed by atoms with Gasteiger partial charge in [-0.3, -0.25) is 14.9 Å². The van der Waals surface area contributed by atoms with E-state index in [9.17, 15) is 28.1 Å². The first kappa shape index (κ1) is 20.6. The maximum Gasteiger partial charge on any atom is 0.417 e. The van der Waals surface area contributed by atoms with Crippen molar-refractivity contribution in [2.75, 3.05) is 0 Å². The fourth-order valence-corrected chi connectivity index (χ4v) is 3.14.